The van der Waals surface area contributed by atoms with Crippen LogP contribution in [0.15, 0.2) is 72.8 Å². The zero-order valence-corrected chi connectivity index (χ0v) is 14.5. The summed E-state index contributed by atoms with van der Waals surface area (Å²) in [7, 11) is 0. The summed E-state index contributed by atoms with van der Waals surface area (Å²) in [4.78, 5) is 11.9. The van der Waals surface area contributed by atoms with E-state index in [4.69, 9.17) is 21.1 Å². The number of aryl methyl sites for hydroxylation is 1. The molecule has 3 aromatic carbocycles. The van der Waals surface area contributed by atoms with Crippen LogP contribution in [0.4, 0.5) is 0 Å². The summed E-state index contributed by atoms with van der Waals surface area (Å²) in [6.07, 6.45) is 0. The third kappa shape index (κ3) is 4.61. The van der Waals surface area contributed by atoms with Gasteiger partial charge in [0.05, 0.1) is 5.02 Å². The summed E-state index contributed by atoms with van der Waals surface area (Å²) in [6, 6.07) is 22.6. The Morgan fingerprint density at radius 3 is 2.12 bits per heavy atom. The van der Waals surface area contributed by atoms with Crippen molar-refractivity contribution in [2.75, 3.05) is 6.61 Å². The normalized spacial score (nSPS) is 10.3. The molecule has 0 unspecified atom stereocenters. The summed E-state index contributed by atoms with van der Waals surface area (Å²) < 4.78 is 10.6. The number of carbonyl (C=O) groups is 1. The highest BCUT2D eigenvalue weighted by Crippen LogP contribution is 2.24. The number of benzene rings is 3. The summed E-state index contributed by atoms with van der Waals surface area (Å²) in [5, 5.41) is 0.456. The van der Waals surface area contributed by atoms with Crippen molar-refractivity contribution in [3.63, 3.8) is 0 Å². The van der Waals surface area contributed by atoms with Gasteiger partial charge >= 0.3 is 5.97 Å². The van der Waals surface area contributed by atoms with Gasteiger partial charge in [-0.3, -0.25) is 0 Å². The zero-order chi connectivity index (χ0) is 17.6. The number of halogens is 1. The molecular weight excluding hydrogens is 336 g/mol. The minimum absolute atomic E-state index is 0.205. The molecule has 126 valence electrons. The number of rotatable bonds is 5. The van der Waals surface area contributed by atoms with Crippen LogP contribution in [0.5, 0.6) is 11.5 Å². The first-order valence-corrected chi connectivity index (χ1v) is 8.25. The molecule has 0 saturated carbocycles. The molecule has 0 aliphatic heterocycles. The van der Waals surface area contributed by atoms with Crippen molar-refractivity contribution in [3.05, 3.63) is 83.4 Å². The highest BCUT2D eigenvalue weighted by atomic mass is 35.5. The first-order valence-electron chi connectivity index (χ1n) is 7.87. The van der Waals surface area contributed by atoms with Gasteiger partial charge in [-0.15, -0.1) is 0 Å². The molecular formula is C21H17ClO3. The number of hydrogen-bond donors (Lipinski definition) is 0. The Labute approximate surface area is 151 Å². The third-order valence-electron chi connectivity index (χ3n) is 3.65. The quantitative estimate of drug-likeness (QED) is 0.461. The van der Waals surface area contributed by atoms with Crippen LogP contribution in [0.25, 0.3) is 11.1 Å². The molecule has 0 amide bonds. The molecule has 0 spiro atoms. The molecule has 3 nitrogen and oxygen atoms in total. The first-order chi connectivity index (χ1) is 12.1. The van der Waals surface area contributed by atoms with Crippen LogP contribution in [0.1, 0.15) is 5.56 Å². The predicted octanol–water partition coefficient (Wildman–Crippen LogP) is 5.30. The molecule has 3 aromatic rings. The van der Waals surface area contributed by atoms with Crippen molar-refractivity contribution in [1.29, 1.82) is 0 Å². The fraction of sp³-hybridized carbons (Fsp3) is 0.0952. The second kappa shape index (κ2) is 7.86. The van der Waals surface area contributed by atoms with Crippen LogP contribution in [0.3, 0.4) is 0 Å². The summed E-state index contributed by atoms with van der Waals surface area (Å²) >= 11 is 5.98. The number of hydrogen-bond acceptors (Lipinski definition) is 3. The van der Waals surface area contributed by atoms with Crippen molar-refractivity contribution in [3.8, 4) is 22.6 Å². The molecule has 0 N–H and O–H groups in total. The van der Waals surface area contributed by atoms with Crippen LogP contribution in [-0.4, -0.2) is 12.6 Å². The van der Waals surface area contributed by atoms with E-state index in [0.717, 1.165) is 11.1 Å². The molecule has 0 aliphatic carbocycles. The van der Waals surface area contributed by atoms with Gasteiger partial charge in [0.25, 0.3) is 0 Å². The van der Waals surface area contributed by atoms with Crippen LogP contribution in [0.2, 0.25) is 5.02 Å². The number of ether oxygens (including phenoxy) is 2. The van der Waals surface area contributed by atoms with E-state index >= 15 is 0 Å². The SMILES string of the molecule is Cc1ccc(-c2ccc(OC(=O)COc3ccccc3Cl)cc2)cc1. The maximum absolute atomic E-state index is 11.9. The lowest BCUT2D eigenvalue weighted by molar-refractivity contribution is -0.136. The van der Waals surface area contributed by atoms with Crippen LogP contribution in [0, 0.1) is 6.92 Å². The molecule has 0 aromatic heterocycles. The van der Waals surface area contributed by atoms with E-state index in [1.807, 2.05) is 12.1 Å². The van der Waals surface area contributed by atoms with Gasteiger partial charge in [0.15, 0.2) is 6.61 Å². The fourth-order valence-electron chi connectivity index (χ4n) is 2.32. The minimum Gasteiger partial charge on any atom is -0.480 e. The largest absolute Gasteiger partial charge is 0.480 e. The Morgan fingerprint density at radius 2 is 1.48 bits per heavy atom. The van der Waals surface area contributed by atoms with Gasteiger partial charge in [0.2, 0.25) is 0 Å². The van der Waals surface area contributed by atoms with E-state index in [0.29, 0.717) is 16.5 Å². The maximum Gasteiger partial charge on any atom is 0.349 e. The summed E-state index contributed by atoms with van der Waals surface area (Å²) in [5.41, 5.74) is 3.39. The monoisotopic (exact) mass is 352 g/mol. The number of para-hydroxylation sites is 1. The lowest BCUT2D eigenvalue weighted by Gasteiger charge is -2.08. The van der Waals surface area contributed by atoms with E-state index in [1.165, 1.54) is 5.56 Å². The van der Waals surface area contributed by atoms with Crippen molar-refractivity contribution >= 4 is 17.6 Å². The van der Waals surface area contributed by atoms with Gasteiger partial charge in [0.1, 0.15) is 11.5 Å². The molecule has 4 heteroatoms. The lowest BCUT2D eigenvalue weighted by atomic mass is 10.0. The Balaban J connectivity index is 1.58. The number of esters is 1. The van der Waals surface area contributed by atoms with E-state index in [-0.39, 0.29) is 6.61 Å². The van der Waals surface area contributed by atoms with E-state index in [2.05, 4.69) is 31.2 Å². The Kier molecular flexibility index (Phi) is 5.36. The van der Waals surface area contributed by atoms with Gasteiger partial charge in [-0.1, -0.05) is 65.7 Å². The van der Waals surface area contributed by atoms with Gasteiger partial charge in [-0.2, -0.15) is 0 Å². The average molecular weight is 353 g/mol. The Bertz CT molecular complexity index is 855. The summed E-state index contributed by atoms with van der Waals surface area (Å²) in [6.45, 7) is 1.85. The number of carbonyl (C=O) groups excluding carboxylic acids is 1. The average Bonchev–Trinajstić information content (AvgIpc) is 2.62. The van der Waals surface area contributed by atoms with Crippen LogP contribution in [-0.2, 0) is 4.79 Å². The lowest BCUT2D eigenvalue weighted by Crippen LogP contribution is -2.17. The Hall–Kier alpha value is -2.78. The molecule has 3 rings (SSSR count). The minimum atomic E-state index is -0.483. The Morgan fingerprint density at radius 1 is 0.880 bits per heavy atom. The molecule has 0 bridgehead atoms. The van der Waals surface area contributed by atoms with E-state index in [1.54, 1.807) is 36.4 Å². The second-order valence-electron chi connectivity index (χ2n) is 5.58. The molecule has 0 heterocycles. The molecule has 0 radical (unpaired) electrons. The van der Waals surface area contributed by atoms with E-state index in [9.17, 15) is 4.79 Å². The second-order valence-corrected chi connectivity index (χ2v) is 5.99. The maximum atomic E-state index is 11.9. The summed E-state index contributed by atoms with van der Waals surface area (Å²) in [5.74, 6) is 0.447. The third-order valence-corrected chi connectivity index (χ3v) is 3.97. The smallest absolute Gasteiger partial charge is 0.349 e. The highest BCUT2D eigenvalue weighted by molar-refractivity contribution is 6.32. The molecule has 0 aliphatic rings. The fourth-order valence-corrected chi connectivity index (χ4v) is 2.51. The van der Waals surface area contributed by atoms with Crippen molar-refractivity contribution in [1.82, 2.24) is 0 Å². The van der Waals surface area contributed by atoms with Crippen LogP contribution >= 0.6 is 11.6 Å². The predicted molar refractivity (Wildman–Crippen MR) is 99.2 cm³/mol. The molecule has 25 heavy (non-hydrogen) atoms. The van der Waals surface area contributed by atoms with Crippen LogP contribution < -0.4 is 9.47 Å². The van der Waals surface area contributed by atoms with Gasteiger partial charge in [-0.05, 0) is 42.3 Å². The van der Waals surface area contributed by atoms with Crippen molar-refractivity contribution < 1.29 is 14.3 Å². The van der Waals surface area contributed by atoms with E-state index < -0.39 is 5.97 Å². The van der Waals surface area contributed by atoms with Gasteiger partial charge in [-0.25, -0.2) is 4.79 Å². The molecule has 0 saturated heterocycles. The standard InChI is InChI=1S/C21H17ClO3/c1-15-6-8-16(9-7-15)17-10-12-18(13-11-17)25-21(23)14-24-20-5-3-2-4-19(20)22/h2-13H,14H2,1H3. The van der Waals surface area contributed by atoms with Gasteiger partial charge in [0, 0.05) is 0 Å². The molecule has 0 fully saturated rings. The molecule has 0 atom stereocenters. The first kappa shape index (κ1) is 17.1. The topological polar surface area (TPSA) is 35.5 Å². The highest BCUT2D eigenvalue weighted by Gasteiger charge is 2.08. The van der Waals surface area contributed by atoms with Crippen molar-refractivity contribution in [2.45, 2.75) is 6.92 Å². The zero-order valence-electron chi connectivity index (χ0n) is 13.7. The van der Waals surface area contributed by atoms with Gasteiger partial charge < -0.3 is 9.47 Å². The van der Waals surface area contributed by atoms with Crippen molar-refractivity contribution in [2.24, 2.45) is 0 Å².